The highest BCUT2D eigenvalue weighted by atomic mass is 19.4. The summed E-state index contributed by atoms with van der Waals surface area (Å²) in [6.07, 6.45) is -2.33. The number of alkyl carbamates (subject to hydrolysis) is 1. The molecule has 230 valence electrons. The SMILES string of the molecule is C[C@@H](NC(=O)c1nccc(OC2CCOCC2)n1)c1ccc(-c2cc(C(F)(F)F)ccc2CNC(=O)OC(C)(C)C)cc1. The van der Waals surface area contributed by atoms with Gasteiger partial charge in [0.2, 0.25) is 11.7 Å². The Hall–Kier alpha value is -4.19. The summed E-state index contributed by atoms with van der Waals surface area (Å²) < 4.78 is 57.1. The van der Waals surface area contributed by atoms with E-state index in [9.17, 15) is 22.8 Å². The molecule has 0 unspecified atom stereocenters. The largest absolute Gasteiger partial charge is 0.474 e. The summed E-state index contributed by atoms with van der Waals surface area (Å²) in [6, 6.07) is 11.3. The molecule has 0 spiro atoms. The number of carbonyl (C=O) groups excluding carboxylic acids is 2. The maximum absolute atomic E-state index is 13.5. The molecule has 2 amide bonds. The first-order valence-corrected chi connectivity index (χ1v) is 13.9. The van der Waals surface area contributed by atoms with Crippen LogP contribution < -0.4 is 15.4 Å². The molecule has 0 radical (unpaired) electrons. The minimum atomic E-state index is -4.54. The third kappa shape index (κ3) is 9.15. The molecular formula is C31H35F3N4O5. The topological polar surface area (TPSA) is 112 Å². The molecule has 1 fully saturated rings. The number of aromatic nitrogens is 2. The van der Waals surface area contributed by atoms with E-state index in [2.05, 4.69) is 20.6 Å². The normalized spacial score (nSPS) is 15.0. The predicted molar refractivity (Wildman–Crippen MR) is 152 cm³/mol. The fraction of sp³-hybridized carbons (Fsp3) is 0.419. The van der Waals surface area contributed by atoms with Crippen LogP contribution in [0.4, 0.5) is 18.0 Å². The van der Waals surface area contributed by atoms with E-state index in [1.807, 2.05) is 0 Å². The molecule has 0 saturated carbocycles. The molecule has 2 aromatic carbocycles. The number of hydrogen-bond acceptors (Lipinski definition) is 7. The lowest BCUT2D eigenvalue weighted by Gasteiger charge is -2.22. The molecule has 12 heteroatoms. The molecule has 2 N–H and O–H groups in total. The predicted octanol–water partition coefficient (Wildman–Crippen LogP) is 6.24. The van der Waals surface area contributed by atoms with Crippen molar-refractivity contribution in [3.05, 3.63) is 77.2 Å². The summed E-state index contributed by atoms with van der Waals surface area (Å²) >= 11 is 0. The van der Waals surface area contributed by atoms with E-state index in [4.69, 9.17) is 14.2 Å². The van der Waals surface area contributed by atoms with Gasteiger partial charge in [-0.2, -0.15) is 18.2 Å². The average Bonchev–Trinajstić information content (AvgIpc) is 2.95. The zero-order valence-electron chi connectivity index (χ0n) is 24.5. The van der Waals surface area contributed by atoms with E-state index < -0.39 is 35.4 Å². The van der Waals surface area contributed by atoms with Crippen molar-refractivity contribution < 1.29 is 37.0 Å². The third-order valence-corrected chi connectivity index (χ3v) is 6.62. The zero-order valence-corrected chi connectivity index (χ0v) is 24.5. The van der Waals surface area contributed by atoms with Crippen molar-refractivity contribution in [2.75, 3.05) is 13.2 Å². The van der Waals surface area contributed by atoms with Crippen LogP contribution in [0, 0.1) is 0 Å². The van der Waals surface area contributed by atoms with Gasteiger partial charge in [-0.25, -0.2) is 9.78 Å². The maximum atomic E-state index is 13.5. The van der Waals surface area contributed by atoms with Gasteiger partial charge in [0.15, 0.2) is 0 Å². The van der Waals surface area contributed by atoms with E-state index in [0.717, 1.165) is 25.0 Å². The molecule has 2 heterocycles. The van der Waals surface area contributed by atoms with E-state index in [1.54, 1.807) is 58.0 Å². The van der Waals surface area contributed by atoms with E-state index in [0.29, 0.717) is 41.3 Å². The van der Waals surface area contributed by atoms with Crippen LogP contribution >= 0.6 is 0 Å². The van der Waals surface area contributed by atoms with E-state index in [-0.39, 0.29) is 18.5 Å². The van der Waals surface area contributed by atoms with Crippen LogP contribution in [-0.4, -0.2) is 46.9 Å². The first-order valence-electron chi connectivity index (χ1n) is 13.9. The standard InChI is InChI=1S/C31H35F3N4O5/c1-19(37-28(39)27-35-14-11-26(38-27)42-24-12-15-41-16-13-24)20-5-7-21(8-6-20)25-17-23(31(32,33)34)10-9-22(25)18-36-29(40)43-30(2,3)4/h5-11,14,17,19,24H,12-13,15-16,18H2,1-4H3,(H,36,40)(H,37,39)/t19-/m1/s1. The van der Waals surface area contributed by atoms with Crippen molar-refractivity contribution in [3.8, 4) is 17.0 Å². The fourth-order valence-corrected chi connectivity index (χ4v) is 4.43. The minimum Gasteiger partial charge on any atom is -0.474 e. The molecule has 0 aliphatic carbocycles. The Bertz CT molecular complexity index is 1420. The minimum absolute atomic E-state index is 0.0338. The molecule has 1 atom stereocenters. The second-order valence-electron chi connectivity index (χ2n) is 11.2. The molecule has 43 heavy (non-hydrogen) atoms. The number of halogens is 3. The summed E-state index contributed by atoms with van der Waals surface area (Å²) in [5.74, 6) is -0.233. The van der Waals surface area contributed by atoms with Crippen LogP contribution in [-0.2, 0) is 22.2 Å². The Morgan fingerprint density at radius 1 is 1.05 bits per heavy atom. The molecule has 3 aromatic rings. The van der Waals surface area contributed by atoms with Crippen molar-refractivity contribution >= 4 is 12.0 Å². The number of benzene rings is 2. The van der Waals surface area contributed by atoms with E-state index in [1.165, 1.54) is 12.3 Å². The Balaban J connectivity index is 1.47. The van der Waals surface area contributed by atoms with Crippen molar-refractivity contribution in [2.45, 2.75) is 71.0 Å². The number of ether oxygens (including phenoxy) is 3. The molecule has 1 saturated heterocycles. The van der Waals surface area contributed by atoms with Gasteiger partial charge in [0.05, 0.1) is 24.8 Å². The highest BCUT2D eigenvalue weighted by molar-refractivity contribution is 5.90. The Kier molecular flexibility index (Phi) is 9.90. The zero-order chi connectivity index (χ0) is 31.2. The molecule has 9 nitrogen and oxygen atoms in total. The van der Waals surface area contributed by atoms with Crippen LogP contribution in [0.15, 0.2) is 54.7 Å². The van der Waals surface area contributed by atoms with E-state index >= 15 is 0 Å². The first-order chi connectivity index (χ1) is 20.3. The van der Waals surface area contributed by atoms with Crippen LogP contribution in [0.3, 0.4) is 0 Å². The van der Waals surface area contributed by atoms with Gasteiger partial charge >= 0.3 is 12.3 Å². The molecular weight excluding hydrogens is 565 g/mol. The number of rotatable bonds is 8. The monoisotopic (exact) mass is 600 g/mol. The molecule has 1 aromatic heterocycles. The highest BCUT2D eigenvalue weighted by Crippen LogP contribution is 2.34. The van der Waals surface area contributed by atoms with Gasteiger partial charge in [0, 0.05) is 31.6 Å². The lowest BCUT2D eigenvalue weighted by molar-refractivity contribution is -0.137. The summed E-state index contributed by atoms with van der Waals surface area (Å²) in [5, 5.41) is 5.45. The average molecular weight is 601 g/mol. The number of nitrogens with zero attached hydrogens (tertiary/aromatic N) is 2. The lowest BCUT2D eigenvalue weighted by Crippen LogP contribution is -2.32. The van der Waals surface area contributed by atoms with Crippen LogP contribution in [0.25, 0.3) is 11.1 Å². The number of alkyl halides is 3. The third-order valence-electron chi connectivity index (χ3n) is 6.62. The second-order valence-corrected chi connectivity index (χ2v) is 11.2. The van der Waals surface area contributed by atoms with Crippen LogP contribution in [0.5, 0.6) is 5.88 Å². The van der Waals surface area contributed by atoms with Gasteiger partial charge in [0.1, 0.15) is 11.7 Å². The van der Waals surface area contributed by atoms with Crippen molar-refractivity contribution in [3.63, 3.8) is 0 Å². The smallest absolute Gasteiger partial charge is 0.416 e. The molecule has 1 aliphatic rings. The summed E-state index contributed by atoms with van der Waals surface area (Å²) in [4.78, 5) is 33.3. The van der Waals surface area contributed by atoms with Crippen LogP contribution in [0.1, 0.15) is 73.9 Å². The lowest BCUT2D eigenvalue weighted by atomic mass is 9.95. The van der Waals surface area contributed by atoms with Gasteiger partial charge in [-0.3, -0.25) is 4.79 Å². The second kappa shape index (κ2) is 13.4. The quantitative estimate of drug-likeness (QED) is 0.315. The molecule has 1 aliphatic heterocycles. The fourth-order valence-electron chi connectivity index (χ4n) is 4.43. The Morgan fingerprint density at radius 3 is 2.40 bits per heavy atom. The number of carbonyl (C=O) groups is 2. The summed E-state index contributed by atoms with van der Waals surface area (Å²) in [5.41, 5.74) is 0.485. The van der Waals surface area contributed by atoms with Gasteiger partial charge < -0.3 is 24.8 Å². The maximum Gasteiger partial charge on any atom is 0.416 e. The summed E-state index contributed by atoms with van der Waals surface area (Å²) in [7, 11) is 0. The van der Waals surface area contributed by atoms with Gasteiger partial charge in [0.25, 0.3) is 5.91 Å². The molecule has 0 bridgehead atoms. The van der Waals surface area contributed by atoms with Gasteiger partial charge in [-0.15, -0.1) is 0 Å². The van der Waals surface area contributed by atoms with Crippen molar-refractivity contribution in [1.29, 1.82) is 0 Å². The Morgan fingerprint density at radius 2 is 1.74 bits per heavy atom. The van der Waals surface area contributed by atoms with Crippen molar-refractivity contribution in [2.24, 2.45) is 0 Å². The van der Waals surface area contributed by atoms with Crippen LogP contribution in [0.2, 0.25) is 0 Å². The van der Waals surface area contributed by atoms with Gasteiger partial charge in [-0.1, -0.05) is 30.3 Å². The number of hydrogen-bond donors (Lipinski definition) is 2. The van der Waals surface area contributed by atoms with Gasteiger partial charge in [-0.05, 0) is 62.1 Å². The number of nitrogens with one attached hydrogen (secondary N) is 2. The summed E-state index contributed by atoms with van der Waals surface area (Å²) in [6.45, 7) is 8.11. The number of amides is 2. The van der Waals surface area contributed by atoms with Crippen molar-refractivity contribution in [1.82, 2.24) is 20.6 Å². The first kappa shape index (κ1) is 31.7. The Labute approximate surface area is 248 Å². The highest BCUT2D eigenvalue weighted by Gasteiger charge is 2.31. The molecule has 4 rings (SSSR count).